The van der Waals surface area contributed by atoms with E-state index in [2.05, 4.69) is 4.98 Å². The van der Waals surface area contributed by atoms with E-state index < -0.39 is 5.92 Å². The molecule has 2 rings (SSSR count). The second kappa shape index (κ2) is 5.36. The largest absolute Gasteiger partial charge is 0.357 e. The van der Waals surface area contributed by atoms with Gasteiger partial charge in [0.1, 0.15) is 0 Å². The van der Waals surface area contributed by atoms with Crippen LogP contribution in [0.5, 0.6) is 0 Å². The van der Waals surface area contributed by atoms with Gasteiger partial charge in [0.25, 0.3) is 0 Å². The van der Waals surface area contributed by atoms with E-state index in [-0.39, 0.29) is 11.8 Å². The minimum absolute atomic E-state index is 0.227. The molecule has 1 N–H and O–H groups in total. The highest BCUT2D eigenvalue weighted by atomic mass is 16.2. The van der Waals surface area contributed by atoms with Crippen LogP contribution in [0.2, 0.25) is 0 Å². The van der Waals surface area contributed by atoms with Crippen molar-refractivity contribution in [1.29, 1.82) is 0 Å². The number of aromatic amines is 1. The first-order chi connectivity index (χ1) is 9.41. The molecular formula is C15H19N3O2. The summed E-state index contributed by atoms with van der Waals surface area (Å²) in [6.07, 6.45) is 0. The summed E-state index contributed by atoms with van der Waals surface area (Å²) in [5.74, 6) is -1.28. The molecule has 0 atom stereocenters. The Labute approximate surface area is 118 Å². The fraction of sp³-hybridized carbons (Fsp3) is 0.333. The van der Waals surface area contributed by atoms with Crippen LogP contribution in [0.3, 0.4) is 0 Å². The molecule has 0 aliphatic rings. The first-order valence-corrected chi connectivity index (χ1v) is 6.42. The third-order valence-corrected chi connectivity index (χ3v) is 3.24. The van der Waals surface area contributed by atoms with E-state index in [0.717, 1.165) is 10.9 Å². The van der Waals surface area contributed by atoms with Crippen LogP contribution in [-0.2, 0) is 9.59 Å². The van der Waals surface area contributed by atoms with Crippen LogP contribution >= 0.6 is 0 Å². The molecule has 1 aromatic heterocycles. The molecule has 5 heteroatoms. The van der Waals surface area contributed by atoms with Gasteiger partial charge in [-0.25, -0.2) is 0 Å². The van der Waals surface area contributed by atoms with Crippen LogP contribution < -0.4 is 0 Å². The van der Waals surface area contributed by atoms with E-state index in [1.54, 1.807) is 28.2 Å². The summed E-state index contributed by atoms with van der Waals surface area (Å²) in [6.45, 7) is 0. The molecule has 2 aromatic rings. The van der Waals surface area contributed by atoms with Gasteiger partial charge in [-0.3, -0.25) is 9.59 Å². The van der Waals surface area contributed by atoms with Crippen LogP contribution in [-0.4, -0.2) is 54.8 Å². The van der Waals surface area contributed by atoms with Crippen molar-refractivity contribution in [3.63, 3.8) is 0 Å². The number of amides is 2. The van der Waals surface area contributed by atoms with Crippen LogP contribution in [0.1, 0.15) is 11.6 Å². The fourth-order valence-corrected chi connectivity index (χ4v) is 2.14. The summed E-state index contributed by atoms with van der Waals surface area (Å²) < 4.78 is 0. The van der Waals surface area contributed by atoms with Crippen molar-refractivity contribution < 1.29 is 9.59 Å². The number of nitrogens with one attached hydrogen (secondary N) is 1. The molecule has 0 unspecified atom stereocenters. The number of carbonyl (C=O) groups excluding carboxylic acids is 2. The number of carbonyl (C=O) groups is 2. The third kappa shape index (κ3) is 2.52. The predicted molar refractivity (Wildman–Crippen MR) is 78.4 cm³/mol. The lowest BCUT2D eigenvalue weighted by molar-refractivity contribution is -0.140. The molecule has 106 valence electrons. The van der Waals surface area contributed by atoms with Crippen LogP contribution in [0.4, 0.5) is 0 Å². The van der Waals surface area contributed by atoms with E-state index in [0.29, 0.717) is 5.69 Å². The Bertz CT molecular complexity index is 590. The predicted octanol–water partition coefficient (Wildman–Crippen LogP) is 1.43. The lowest BCUT2D eigenvalue weighted by Crippen LogP contribution is -2.38. The number of H-pyrrole nitrogens is 1. The maximum Gasteiger partial charge on any atom is 0.240 e. The van der Waals surface area contributed by atoms with Gasteiger partial charge in [0.05, 0.1) is 0 Å². The number of hydrogen-bond acceptors (Lipinski definition) is 2. The SMILES string of the molecule is CN(C)C(=O)C(C(=O)N(C)C)c1cc2ccccc2[nH]1. The molecule has 1 heterocycles. The van der Waals surface area contributed by atoms with Gasteiger partial charge in [-0.15, -0.1) is 0 Å². The molecule has 2 amide bonds. The number of nitrogens with zero attached hydrogens (tertiary/aromatic N) is 2. The van der Waals surface area contributed by atoms with E-state index in [4.69, 9.17) is 0 Å². The Morgan fingerprint density at radius 2 is 1.55 bits per heavy atom. The molecule has 0 aliphatic carbocycles. The number of likely N-dealkylation sites (N-methyl/N-ethyl adjacent to an activating group) is 2. The maximum atomic E-state index is 12.3. The first-order valence-electron chi connectivity index (χ1n) is 6.42. The smallest absolute Gasteiger partial charge is 0.240 e. The normalized spacial score (nSPS) is 10.8. The van der Waals surface area contributed by atoms with Crippen LogP contribution in [0, 0.1) is 0 Å². The molecule has 0 spiro atoms. The summed E-state index contributed by atoms with van der Waals surface area (Å²) in [5.41, 5.74) is 1.55. The van der Waals surface area contributed by atoms with Crippen molar-refractivity contribution in [2.24, 2.45) is 0 Å². The van der Waals surface area contributed by atoms with E-state index in [9.17, 15) is 9.59 Å². The highest BCUT2D eigenvalue weighted by Crippen LogP contribution is 2.24. The summed E-state index contributed by atoms with van der Waals surface area (Å²) in [5, 5.41) is 0.991. The average molecular weight is 273 g/mol. The van der Waals surface area contributed by atoms with Gasteiger partial charge in [-0.05, 0) is 17.5 Å². The zero-order valence-corrected chi connectivity index (χ0v) is 12.2. The number of hydrogen-bond donors (Lipinski definition) is 1. The lowest BCUT2D eigenvalue weighted by Gasteiger charge is -2.22. The number of fused-ring (bicyclic) bond motifs is 1. The van der Waals surface area contributed by atoms with E-state index in [1.807, 2.05) is 30.3 Å². The van der Waals surface area contributed by atoms with E-state index in [1.165, 1.54) is 9.80 Å². The minimum Gasteiger partial charge on any atom is -0.357 e. The molecule has 5 nitrogen and oxygen atoms in total. The van der Waals surface area contributed by atoms with Gasteiger partial charge < -0.3 is 14.8 Å². The summed E-state index contributed by atoms with van der Waals surface area (Å²) in [7, 11) is 6.61. The van der Waals surface area contributed by atoms with Gasteiger partial charge >= 0.3 is 0 Å². The number of rotatable bonds is 3. The summed E-state index contributed by atoms with van der Waals surface area (Å²) >= 11 is 0. The van der Waals surface area contributed by atoms with Gasteiger partial charge in [-0.2, -0.15) is 0 Å². The average Bonchev–Trinajstić information content (AvgIpc) is 2.81. The van der Waals surface area contributed by atoms with Crippen molar-refractivity contribution in [2.75, 3.05) is 28.2 Å². The van der Waals surface area contributed by atoms with Crippen molar-refractivity contribution >= 4 is 22.7 Å². The number of benzene rings is 1. The molecular weight excluding hydrogens is 254 g/mol. The Morgan fingerprint density at radius 3 is 2.05 bits per heavy atom. The Balaban J connectivity index is 2.50. The second-order valence-corrected chi connectivity index (χ2v) is 5.21. The second-order valence-electron chi connectivity index (χ2n) is 5.21. The summed E-state index contributed by atoms with van der Waals surface area (Å²) in [4.78, 5) is 30.7. The Morgan fingerprint density at radius 1 is 1.00 bits per heavy atom. The van der Waals surface area contributed by atoms with Crippen LogP contribution in [0.25, 0.3) is 10.9 Å². The molecule has 0 saturated carbocycles. The first kappa shape index (κ1) is 14.1. The van der Waals surface area contributed by atoms with E-state index >= 15 is 0 Å². The molecule has 0 radical (unpaired) electrons. The number of para-hydroxylation sites is 1. The van der Waals surface area contributed by atoms with Gasteiger partial charge in [0, 0.05) is 39.4 Å². The molecule has 0 saturated heterocycles. The van der Waals surface area contributed by atoms with Crippen molar-refractivity contribution in [2.45, 2.75) is 5.92 Å². The van der Waals surface area contributed by atoms with Crippen LogP contribution in [0.15, 0.2) is 30.3 Å². The highest BCUT2D eigenvalue weighted by Gasteiger charge is 2.32. The topological polar surface area (TPSA) is 56.4 Å². The molecule has 0 aliphatic heterocycles. The van der Waals surface area contributed by atoms with Crippen molar-refractivity contribution in [3.8, 4) is 0 Å². The van der Waals surface area contributed by atoms with Gasteiger partial charge in [0.2, 0.25) is 11.8 Å². The maximum absolute atomic E-state index is 12.3. The monoisotopic (exact) mass is 273 g/mol. The minimum atomic E-state index is -0.826. The summed E-state index contributed by atoms with van der Waals surface area (Å²) in [6, 6.07) is 9.58. The van der Waals surface area contributed by atoms with Crippen molar-refractivity contribution in [3.05, 3.63) is 36.0 Å². The Kier molecular flexibility index (Phi) is 3.79. The molecule has 1 aromatic carbocycles. The zero-order chi connectivity index (χ0) is 14.9. The Hall–Kier alpha value is -2.30. The zero-order valence-electron chi connectivity index (χ0n) is 12.2. The third-order valence-electron chi connectivity index (χ3n) is 3.24. The fourth-order valence-electron chi connectivity index (χ4n) is 2.14. The molecule has 0 fully saturated rings. The van der Waals surface area contributed by atoms with Gasteiger partial charge in [-0.1, -0.05) is 18.2 Å². The number of aromatic nitrogens is 1. The lowest BCUT2D eigenvalue weighted by atomic mass is 10.0. The standard InChI is InChI=1S/C15H19N3O2/c1-17(2)14(19)13(15(20)18(3)4)12-9-10-7-5-6-8-11(10)16-12/h5-9,13,16H,1-4H3. The molecule has 20 heavy (non-hydrogen) atoms. The van der Waals surface area contributed by atoms with Gasteiger partial charge in [0.15, 0.2) is 5.92 Å². The quantitative estimate of drug-likeness (QED) is 0.860. The van der Waals surface area contributed by atoms with Crippen molar-refractivity contribution in [1.82, 2.24) is 14.8 Å². The highest BCUT2D eigenvalue weighted by molar-refractivity contribution is 6.05. The molecule has 0 bridgehead atoms.